The Morgan fingerprint density at radius 2 is 2.24 bits per heavy atom. The minimum atomic E-state index is -2.89. The molecule has 6 nitrogen and oxygen atoms in total. The molecule has 0 atom stereocenters. The first-order valence-corrected chi connectivity index (χ1v) is 4.47. The summed E-state index contributed by atoms with van der Waals surface area (Å²) in [6.45, 7) is 1.25. The summed E-state index contributed by atoms with van der Waals surface area (Å²) >= 11 is 0. The highest BCUT2D eigenvalue weighted by Crippen LogP contribution is 2.27. The summed E-state index contributed by atoms with van der Waals surface area (Å²) in [6, 6.07) is 0.672. The van der Waals surface area contributed by atoms with E-state index >= 15 is 0 Å². The lowest BCUT2D eigenvalue weighted by Crippen LogP contribution is -2.09. The molecule has 0 amide bonds. The van der Waals surface area contributed by atoms with Gasteiger partial charge in [-0.1, -0.05) is 0 Å². The van der Waals surface area contributed by atoms with Crippen molar-refractivity contribution in [1.82, 2.24) is 4.98 Å². The van der Waals surface area contributed by atoms with Gasteiger partial charge < -0.3 is 5.11 Å². The fourth-order valence-corrected chi connectivity index (χ4v) is 1.31. The van der Waals surface area contributed by atoms with Gasteiger partial charge in [0.15, 0.2) is 0 Å². The van der Waals surface area contributed by atoms with Crippen LogP contribution in [0.5, 0.6) is 0 Å². The van der Waals surface area contributed by atoms with E-state index < -0.39 is 35.0 Å². The average molecular weight is 246 g/mol. The van der Waals surface area contributed by atoms with Crippen molar-refractivity contribution in [2.24, 2.45) is 0 Å². The standard InChI is InChI=1S/C9H8F2N2O4/c1-4-5(9(10)11)2-7(13(16)17)6(12-4)3-8(14)15/h2,9H,3H2,1H3,(H,14,15). The molecule has 17 heavy (non-hydrogen) atoms. The number of carbonyl (C=O) groups is 1. The van der Waals surface area contributed by atoms with Crippen molar-refractivity contribution in [2.45, 2.75) is 19.8 Å². The largest absolute Gasteiger partial charge is 0.481 e. The van der Waals surface area contributed by atoms with Crippen molar-refractivity contribution in [1.29, 1.82) is 0 Å². The van der Waals surface area contributed by atoms with E-state index in [4.69, 9.17) is 5.11 Å². The number of aryl methyl sites for hydroxylation is 1. The van der Waals surface area contributed by atoms with Crippen LogP contribution < -0.4 is 0 Å². The zero-order valence-electron chi connectivity index (χ0n) is 8.68. The maximum Gasteiger partial charge on any atom is 0.309 e. The molecular formula is C9H8F2N2O4. The highest BCUT2D eigenvalue weighted by Gasteiger charge is 2.23. The predicted octanol–water partition coefficient (Wildman–Crippen LogP) is 1.86. The van der Waals surface area contributed by atoms with Gasteiger partial charge in [0.25, 0.3) is 12.1 Å². The predicted molar refractivity (Wildman–Crippen MR) is 51.9 cm³/mol. The fourth-order valence-electron chi connectivity index (χ4n) is 1.31. The van der Waals surface area contributed by atoms with Crippen LogP contribution >= 0.6 is 0 Å². The number of carboxylic acids is 1. The summed E-state index contributed by atoms with van der Waals surface area (Å²) < 4.78 is 25.0. The number of hydrogen-bond acceptors (Lipinski definition) is 4. The van der Waals surface area contributed by atoms with Gasteiger partial charge in [-0.3, -0.25) is 14.9 Å². The van der Waals surface area contributed by atoms with Crippen LogP contribution in [0.1, 0.15) is 23.4 Å². The van der Waals surface area contributed by atoms with Gasteiger partial charge in [0, 0.05) is 17.3 Å². The van der Waals surface area contributed by atoms with Crippen molar-refractivity contribution in [3.63, 3.8) is 0 Å². The summed E-state index contributed by atoms with van der Waals surface area (Å²) in [6.07, 6.45) is -3.57. The number of carboxylic acid groups (broad SMARTS) is 1. The lowest BCUT2D eigenvalue weighted by Gasteiger charge is -2.06. The van der Waals surface area contributed by atoms with E-state index in [0.717, 1.165) is 0 Å². The molecule has 0 saturated heterocycles. The molecule has 1 N–H and O–H groups in total. The molecule has 0 fully saturated rings. The third kappa shape index (κ3) is 2.92. The monoisotopic (exact) mass is 246 g/mol. The van der Waals surface area contributed by atoms with E-state index in [1.165, 1.54) is 6.92 Å². The highest BCUT2D eigenvalue weighted by molar-refractivity contribution is 5.71. The number of rotatable bonds is 4. The maximum absolute atomic E-state index is 12.5. The van der Waals surface area contributed by atoms with Gasteiger partial charge in [-0.15, -0.1) is 0 Å². The van der Waals surface area contributed by atoms with Crippen molar-refractivity contribution in [3.05, 3.63) is 33.1 Å². The molecule has 1 rings (SSSR count). The van der Waals surface area contributed by atoms with Gasteiger partial charge in [0.1, 0.15) is 5.69 Å². The van der Waals surface area contributed by atoms with Crippen LogP contribution in [0.4, 0.5) is 14.5 Å². The molecule has 0 unspecified atom stereocenters. The lowest BCUT2D eigenvalue weighted by molar-refractivity contribution is -0.386. The lowest BCUT2D eigenvalue weighted by atomic mass is 10.1. The first kappa shape index (κ1) is 12.9. The molecule has 92 valence electrons. The molecule has 0 aromatic carbocycles. The molecule has 1 aromatic rings. The summed E-state index contributed by atoms with van der Waals surface area (Å²) in [7, 11) is 0. The van der Waals surface area contributed by atoms with Gasteiger partial charge in [-0.2, -0.15) is 0 Å². The van der Waals surface area contributed by atoms with Crippen LogP contribution in [0.2, 0.25) is 0 Å². The molecule has 0 aliphatic carbocycles. The molecule has 0 spiro atoms. The first-order chi connectivity index (χ1) is 7.82. The topological polar surface area (TPSA) is 93.3 Å². The molecule has 1 aromatic heterocycles. The van der Waals surface area contributed by atoms with Gasteiger partial charge in [0.2, 0.25) is 0 Å². The van der Waals surface area contributed by atoms with E-state index in [-0.39, 0.29) is 11.4 Å². The Kier molecular flexibility index (Phi) is 3.66. The van der Waals surface area contributed by atoms with Gasteiger partial charge in [0.05, 0.1) is 11.3 Å². The van der Waals surface area contributed by atoms with Crippen molar-refractivity contribution < 1.29 is 23.6 Å². The SMILES string of the molecule is Cc1nc(CC(=O)O)c([N+](=O)[O-])cc1C(F)F. The van der Waals surface area contributed by atoms with E-state index in [2.05, 4.69) is 4.98 Å². The smallest absolute Gasteiger partial charge is 0.309 e. The summed E-state index contributed by atoms with van der Waals surface area (Å²) in [4.78, 5) is 23.7. The van der Waals surface area contributed by atoms with Gasteiger partial charge >= 0.3 is 5.97 Å². The minimum Gasteiger partial charge on any atom is -0.481 e. The average Bonchev–Trinajstić information content (AvgIpc) is 2.15. The van der Waals surface area contributed by atoms with Crippen molar-refractivity contribution in [3.8, 4) is 0 Å². The molecule has 0 radical (unpaired) electrons. The van der Waals surface area contributed by atoms with E-state index in [1.807, 2.05) is 0 Å². The molecule has 8 heteroatoms. The Morgan fingerprint density at radius 3 is 2.65 bits per heavy atom. The van der Waals surface area contributed by atoms with Crippen LogP contribution in [0, 0.1) is 17.0 Å². The Morgan fingerprint density at radius 1 is 1.65 bits per heavy atom. The number of pyridine rings is 1. The van der Waals surface area contributed by atoms with Gasteiger partial charge in [-0.25, -0.2) is 13.8 Å². The summed E-state index contributed by atoms with van der Waals surface area (Å²) in [5, 5.41) is 19.1. The Bertz CT molecular complexity index is 476. The summed E-state index contributed by atoms with van der Waals surface area (Å²) in [5.74, 6) is -1.32. The number of halogens is 2. The first-order valence-electron chi connectivity index (χ1n) is 4.47. The van der Waals surface area contributed by atoms with E-state index in [0.29, 0.717) is 6.07 Å². The maximum atomic E-state index is 12.5. The number of nitro groups is 1. The van der Waals surface area contributed by atoms with E-state index in [9.17, 15) is 23.7 Å². The summed E-state index contributed by atoms with van der Waals surface area (Å²) in [5.41, 5.74) is -1.70. The fraction of sp³-hybridized carbons (Fsp3) is 0.333. The second-order valence-electron chi connectivity index (χ2n) is 3.26. The van der Waals surface area contributed by atoms with Crippen LogP contribution in [0.15, 0.2) is 6.07 Å². The zero-order chi connectivity index (χ0) is 13.2. The van der Waals surface area contributed by atoms with E-state index in [1.54, 1.807) is 0 Å². The van der Waals surface area contributed by atoms with Crippen LogP contribution in [-0.2, 0) is 11.2 Å². The second kappa shape index (κ2) is 4.81. The molecular weight excluding hydrogens is 238 g/mol. The van der Waals surface area contributed by atoms with Crippen LogP contribution in [0.25, 0.3) is 0 Å². The quantitative estimate of drug-likeness (QED) is 0.646. The molecule has 1 heterocycles. The van der Waals surface area contributed by atoms with Crippen LogP contribution in [-0.4, -0.2) is 21.0 Å². The molecule has 0 aliphatic heterocycles. The molecule has 0 bridgehead atoms. The number of aromatic nitrogens is 1. The van der Waals surface area contributed by atoms with Crippen LogP contribution in [0.3, 0.4) is 0 Å². The third-order valence-corrected chi connectivity index (χ3v) is 2.06. The number of hydrogen-bond donors (Lipinski definition) is 1. The minimum absolute atomic E-state index is 0.109. The third-order valence-electron chi connectivity index (χ3n) is 2.06. The Labute approximate surface area is 94.1 Å². The molecule has 0 aliphatic rings. The van der Waals surface area contributed by atoms with Gasteiger partial charge in [-0.05, 0) is 6.92 Å². The number of aliphatic carboxylic acids is 1. The van der Waals surface area contributed by atoms with Crippen molar-refractivity contribution >= 4 is 11.7 Å². The highest BCUT2D eigenvalue weighted by atomic mass is 19.3. The normalized spacial score (nSPS) is 10.6. The second-order valence-corrected chi connectivity index (χ2v) is 3.26. The molecule has 0 saturated carbocycles. The zero-order valence-corrected chi connectivity index (χ0v) is 8.68. The number of alkyl halides is 2. The Balaban J connectivity index is 3.35. The van der Waals surface area contributed by atoms with Crippen molar-refractivity contribution in [2.75, 3.05) is 0 Å². The number of nitrogens with zero attached hydrogens (tertiary/aromatic N) is 2. The Hall–Kier alpha value is -2.12.